The molecule has 0 spiro atoms. The largest absolute Gasteiger partial charge is 0.396 e. The lowest BCUT2D eigenvalue weighted by atomic mass is 9.76. The van der Waals surface area contributed by atoms with Crippen LogP contribution >= 0.6 is 0 Å². The average Bonchev–Trinajstić information content (AvgIpc) is 2.26. The molecule has 0 radical (unpaired) electrons. The van der Waals surface area contributed by atoms with Gasteiger partial charge in [0.15, 0.2) is 0 Å². The van der Waals surface area contributed by atoms with Crippen LogP contribution < -0.4 is 5.32 Å². The smallest absolute Gasteiger partial charge is 0.0474 e. The summed E-state index contributed by atoms with van der Waals surface area (Å²) in [6.45, 7) is 2.17. The maximum absolute atomic E-state index is 9.32. The van der Waals surface area contributed by atoms with Crippen molar-refractivity contribution < 1.29 is 5.11 Å². The summed E-state index contributed by atoms with van der Waals surface area (Å²) in [5.74, 6) is 1.21. The van der Waals surface area contributed by atoms with E-state index in [0.717, 1.165) is 19.0 Å². The highest BCUT2D eigenvalue weighted by Crippen LogP contribution is 2.32. The number of aliphatic hydroxyl groups is 1. The predicted molar refractivity (Wildman–Crippen MR) is 66.1 cm³/mol. The van der Waals surface area contributed by atoms with Crippen LogP contribution in [0.25, 0.3) is 0 Å². The first kappa shape index (κ1) is 11.6. The van der Waals surface area contributed by atoms with Crippen LogP contribution in [-0.4, -0.2) is 18.3 Å². The van der Waals surface area contributed by atoms with Crippen molar-refractivity contribution in [3.8, 4) is 0 Å². The Morgan fingerprint density at radius 3 is 2.56 bits per heavy atom. The van der Waals surface area contributed by atoms with Crippen LogP contribution in [0, 0.1) is 11.8 Å². The molecule has 2 heteroatoms. The van der Waals surface area contributed by atoms with Crippen LogP contribution in [0.15, 0.2) is 30.3 Å². The maximum Gasteiger partial charge on any atom is 0.0474 e. The highest BCUT2D eigenvalue weighted by atomic mass is 16.3. The van der Waals surface area contributed by atoms with E-state index >= 15 is 0 Å². The van der Waals surface area contributed by atoms with Gasteiger partial charge in [0, 0.05) is 19.7 Å². The molecule has 0 amide bonds. The molecule has 2 nitrogen and oxygen atoms in total. The van der Waals surface area contributed by atoms with Crippen LogP contribution in [0.2, 0.25) is 0 Å². The molecule has 0 unspecified atom stereocenters. The molecule has 16 heavy (non-hydrogen) atoms. The molecule has 1 saturated carbocycles. The highest BCUT2D eigenvalue weighted by Gasteiger charge is 2.26. The third kappa shape index (κ3) is 3.06. The topological polar surface area (TPSA) is 32.3 Å². The number of nitrogens with one attached hydrogen (secondary N) is 1. The fourth-order valence-electron chi connectivity index (χ4n) is 2.29. The Balaban J connectivity index is 1.70. The molecule has 1 aromatic carbocycles. The van der Waals surface area contributed by atoms with Crippen LogP contribution in [0.3, 0.4) is 0 Å². The van der Waals surface area contributed by atoms with E-state index in [0.29, 0.717) is 12.5 Å². The molecular weight excluding hydrogens is 198 g/mol. The van der Waals surface area contributed by atoms with Gasteiger partial charge in [-0.15, -0.1) is 0 Å². The van der Waals surface area contributed by atoms with Crippen LogP contribution in [0.4, 0.5) is 0 Å². The van der Waals surface area contributed by atoms with Crippen molar-refractivity contribution in [1.82, 2.24) is 5.32 Å². The molecular formula is C14H21NO. The molecule has 88 valence electrons. The Hall–Kier alpha value is -0.860. The first-order chi connectivity index (χ1) is 7.90. The van der Waals surface area contributed by atoms with Gasteiger partial charge in [-0.1, -0.05) is 49.6 Å². The first-order valence-corrected chi connectivity index (χ1v) is 6.25. The third-order valence-corrected chi connectivity index (χ3v) is 3.63. The minimum atomic E-state index is 0.326. The fraction of sp³-hybridized carbons (Fsp3) is 0.571. The molecule has 0 heterocycles. The van der Waals surface area contributed by atoms with Gasteiger partial charge in [0.1, 0.15) is 0 Å². The summed E-state index contributed by atoms with van der Waals surface area (Å²) in [6, 6.07) is 10.4. The lowest BCUT2D eigenvalue weighted by Gasteiger charge is -2.32. The maximum atomic E-state index is 9.32. The number of hydrogen-bond donors (Lipinski definition) is 2. The van der Waals surface area contributed by atoms with Gasteiger partial charge in [0.2, 0.25) is 0 Å². The van der Waals surface area contributed by atoms with Crippen LogP contribution in [0.1, 0.15) is 24.8 Å². The van der Waals surface area contributed by atoms with E-state index in [1.807, 2.05) is 6.07 Å². The molecule has 1 aliphatic rings. The Kier molecular flexibility index (Phi) is 4.37. The van der Waals surface area contributed by atoms with Gasteiger partial charge >= 0.3 is 0 Å². The Bertz CT molecular complexity index is 295. The first-order valence-electron chi connectivity index (χ1n) is 6.25. The number of aliphatic hydroxyl groups excluding tert-OH is 1. The zero-order valence-corrected chi connectivity index (χ0v) is 9.73. The molecule has 0 saturated heterocycles. The molecule has 1 atom stereocenters. The van der Waals surface area contributed by atoms with Gasteiger partial charge < -0.3 is 10.4 Å². The van der Waals surface area contributed by atoms with Crippen molar-refractivity contribution in [3.63, 3.8) is 0 Å². The number of hydrogen-bond acceptors (Lipinski definition) is 2. The molecule has 0 aromatic heterocycles. The van der Waals surface area contributed by atoms with Gasteiger partial charge in [-0.3, -0.25) is 0 Å². The zero-order valence-electron chi connectivity index (χ0n) is 9.73. The van der Waals surface area contributed by atoms with E-state index < -0.39 is 0 Å². The van der Waals surface area contributed by atoms with Gasteiger partial charge in [-0.05, 0) is 17.4 Å². The third-order valence-electron chi connectivity index (χ3n) is 3.63. The number of rotatable bonds is 6. The van der Waals surface area contributed by atoms with Gasteiger partial charge in [0.25, 0.3) is 0 Å². The second-order valence-electron chi connectivity index (χ2n) is 4.75. The summed E-state index contributed by atoms with van der Waals surface area (Å²) in [6.07, 6.45) is 3.95. The Morgan fingerprint density at radius 2 is 2.00 bits per heavy atom. The van der Waals surface area contributed by atoms with Gasteiger partial charge in [-0.2, -0.15) is 0 Å². The second kappa shape index (κ2) is 6.02. The van der Waals surface area contributed by atoms with Crippen molar-refractivity contribution in [2.75, 3.05) is 13.2 Å². The molecule has 1 fully saturated rings. The summed E-state index contributed by atoms with van der Waals surface area (Å²) >= 11 is 0. The van der Waals surface area contributed by atoms with E-state index in [1.165, 1.54) is 24.8 Å². The Labute approximate surface area is 97.7 Å². The normalized spacial score (nSPS) is 18.1. The monoisotopic (exact) mass is 219 g/mol. The van der Waals surface area contributed by atoms with Crippen LogP contribution in [-0.2, 0) is 6.54 Å². The zero-order chi connectivity index (χ0) is 11.2. The van der Waals surface area contributed by atoms with E-state index in [9.17, 15) is 5.11 Å². The van der Waals surface area contributed by atoms with Crippen molar-refractivity contribution in [1.29, 1.82) is 0 Å². The average molecular weight is 219 g/mol. The summed E-state index contributed by atoms with van der Waals surface area (Å²) in [7, 11) is 0. The van der Waals surface area contributed by atoms with E-state index in [4.69, 9.17) is 0 Å². The van der Waals surface area contributed by atoms with E-state index in [2.05, 4.69) is 29.6 Å². The lowest BCUT2D eigenvalue weighted by molar-refractivity contribution is 0.122. The van der Waals surface area contributed by atoms with Gasteiger partial charge in [-0.25, -0.2) is 0 Å². The summed E-state index contributed by atoms with van der Waals surface area (Å²) in [5, 5.41) is 12.8. The quantitative estimate of drug-likeness (QED) is 0.768. The van der Waals surface area contributed by atoms with Crippen molar-refractivity contribution in [3.05, 3.63) is 35.9 Å². The van der Waals surface area contributed by atoms with Gasteiger partial charge in [0.05, 0.1) is 0 Å². The molecule has 1 aromatic rings. The molecule has 2 rings (SSSR count). The predicted octanol–water partition coefficient (Wildman–Crippen LogP) is 2.18. The minimum absolute atomic E-state index is 0.326. The van der Waals surface area contributed by atoms with Crippen molar-refractivity contribution in [2.24, 2.45) is 11.8 Å². The molecule has 0 aliphatic heterocycles. The summed E-state index contributed by atoms with van der Waals surface area (Å²) in [4.78, 5) is 0. The fourth-order valence-corrected chi connectivity index (χ4v) is 2.29. The lowest BCUT2D eigenvalue weighted by Crippen LogP contribution is -2.33. The summed E-state index contributed by atoms with van der Waals surface area (Å²) < 4.78 is 0. The van der Waals surface area contributed by atoms with Crippen molar-refractivity contribution >= 4 is 0 Å². The van der Waals surface area contributed by atoms with E-state index in [1.54, 1.807) is 0 Å². The van der Waals surface area contributed by atoms with Crippen LogP contribution in [0.5, 0.6) is 0 Å². The summed E-state index contributed by atoms with van der Waals surface area (Å²) in [5.41, 5.74) is 1.31. The SMILES string of the molecule is OC[C@@H](CNCc1ccccc1)C1CCC1. The van der Waals surface area contributed by atoms with Crippen molar-refractivity contribution in [2.45, 2.75) is 25.8 Å². The highest BCUT2D eigenvalue weighted by molar-refractivity contribution is 5.14. The number of benzene rings is 1. The molecule has 1 aliphatic carbocycles. The Morgan fingerprint density at radius 1 is 1.25 bits per heavy atom. The molecule has 0 bridgehead atoms. The standard InChI is InChI=1S/C14H21NO/c16-11-14(13-7-4-8-13)10-15-9-12-5-2-1-3-6-12/h1-3,5-6,13-16H,4,7-11H2/t14-/m1/s1. The second-order valence-corrected chi connectivity index (χ2v) is 4.75. The minimum Gasteiger partial charge on any atom is -0.396 e. The molecule has 2 N–H and O–H groups in total. The van der Waals surface area contributed by atoms with E-state index in [-0.39, 0.29) is 0 Å².